The van der Waals surface area contributed by atoms with E-state index in [-0.39, 0.29) is 12.1 Å². The summed E-state index contributed by atoms with van der Waals surface area (Å²) in [6.45, 7) is 2.75. The molecule has 1 aliphatic heterocycles. The summed E-state index contributed by atoms with van der Waals surface area (Å²) in [5, 5.41) is 0. The number of carbonyl (C=O) groups is 1. The number of hydrogen-bond donors (Lipinski definition) is 0. The molecule has 0 saturated carbocycles. The Balaban J connectivity index is 2.33. The van der Waals surface area contributed by atoms with Crippen LogP contribution < -0.4 is 0 Å². The molecule has 1 aliphatic rings. The van der Waals surface area contributed by atoms with Crippen LogP contribution in [0.4, 0.5) is 0 Å². The number of unbranched alkanes of at least 4 members (excludes halogenated alkanes) is 1. The molecule has 0 unspecified atom stereocenters. The largest absolute Gasteiger partial charge is 0.446 e. The Bertz CT molecular complexity index is 236. The molecule has 84 valence electrons. The lowest BCUT2D eigenvalue weighted by atomic mass is 10.1. The van der Waals surface area contributed by atoms with E-state index in [1.54, 1.807) is 0 Å². The van der Waals surface area contributed by atoms with Gasteiger partial charge in [0.1, 0.15) is 6.10 Å². The molecule has 0 spiro atoms. The van der Waals surface area contributed by atoms with Gasteiger partial charge >= 0.3 is 5.97 Å². The minimum atomic E-state index is -0.503. The third-order valence-electron chi connectivity index (χ3n) is 2.46. The molecular weight excluding hydrogens is 192 g/mol. The van der Waals surface area contributed by atoms with E-state index >= 15 is 0 Å². The van der Waals surface area contributed by atoms with Crippen molar-refractivity contribution in [2.75, 3.05) is 6.61 Å². The predicted molar refractivity (Wildman–Crippen MR) is 57.2 cm³/mol. The molecule has 0 radical (unpaired) electrons. The fourth-order valence-corrected chi connectivity index (χ4v) is 1.58. The van der Waals surface area contributed by atoms with Crippen LogP contribution in [0.25, 0.3) is 0 Å². The lowest BCUT2D eigenvalue weighted by molar-refractivity contribution is -0.151. The summed E-state index contributed by atoms with van der Waals surface area (Å²) >= 11 is 0. The van der Waals surface area contributed by atoms with Gasteiger partial charge in [0.2, 0.25) is 0 Å². The molecule has 2 atom stereocenters. The first-order chi connectivity index (χ1) is 7.27. The maximum absolute atomic E-state index is 11.4. The van der Waals surface area contributed by atoms with E-state index in [2.05, 4.69) is 5.92 Å². The van der Waals surface area contributed by atoms with Crippen LogP contribution >= 0.6 is 0 Å². The van der Waals surface area contributed by atoms with Gasteiger partial charge in [-0.3, -0.25) is 4.79 Å². The lowest BCUT2D eigenvalue weighted by Gasteiger charge is -2.17. The Morgan fingerprint density at radius 3 is 3.07 bits per heavy atom. The second kappa shape index (κ2) is 6.47. The highest BCUT2D eigenvalue weighted by Crippen LogP contribution is 2.18. The fourth-order valence-electron chi connectivity index (χ4n) is 1.58. The Morgan fingerprint density at radius 1 is 1.73 bits per heavy atom. The van der Waals surface area contributed by atoms with Crippen LogP contribution in [0.5, 0.6) is 0 Å². The van der Waals surface area contributed by atoms with Gasteiger partial charge in [-0.1, -0.05) is 19.3 Å². The second-order valence-electron chi connectivity index (χ2n) is 3.73. The van der Waals surface area contributed by atoms with Gasteiger partial charge in [0, 0.05) is 13.0 Å². The van der Waals surface area contributed by atoms with Gasteiger partial charge in [-0.05, 0) is 19.3 Å². The van der Waals surface area contributed by atoms with Gasteiger partial charge in [-0.2, -0.15) is 0 Å². The number of ether oxygens (including phenoxy) is 2. The SMILES string of the molecule is C#C[C@H](OC(=O)CCCC)[C@H]1CCCO1. The first kappa shape index (κ1) is 12.1. The van der Waals surface area contributed by atoms with Crippen molar-refractivity contribution in [1.29, 1.82) is 0 Å². The van der Waals surface area contributed by atoms with Crippen molar-refractivity contribution in [2.45, 2.75) is 51.2 Å². The summed E-state index contributed by atoms with van der Waals surface area (Å²) in [7, 11) is 0. The van der Waals surface area contributed by atoms with Crippen molar-refractivity contribution in [3.05, 3.63) is 0 Å². The number of carbonyl (C=O) groups excluding carboxylic acids is 1. The monoisotopic (exact) mass is 210 g/mol. The summed E-state index contributed by atoms with van der Waals surface area (Å²) in [5.41, 5.74) is 0. The van der Waals surface area contributed by atoms with E-state index in [9.17, 15) is 4.79 Å². The summed E-state index contributed by atoms with van der Waals surface area (Å²) < 4.78 is 10.6. The molecule has 0 aromatic rings. The van der Waals surface area contributed by atoms with E-state index in [1.165, 1.54) is 0 Å². The summed E-state index contributed by atoms with van der Waals surface area (Å²) in [6.07, 6.45) is 8.88. The zero-order chi connectivity index (χ0) is 11.1. The van der Waals surface area contributed by atoms with Crippen LogP contribution in [0.1, 0.15) is 39.0 Å². The van der Waals surface area contributed by atoms with E-state index in [0.717, 1.165) is 32.3 Å². The van der Waals surface area contributed by atoms with Crippen molar-refractivity contribution in [1.82, 2.24) is 0 Å². The molecule has 0 bridgehead atoms. The Labute approximate surface area is 91.1 Å². The highest BCUT2D eigenvalue weighted by Gasteiger charge is 2.27. The van der Waals surface area contributed by atoms with E-state index < -0.39 is 6.10 Å². The van der Waals surface area contributed by atoms with E-state index in [4.69, 9.17) is 15.9 Å². The quantitative estimate of drug-likeness (QED) is 0.513. The maximum atomic E-state index is 11.4. The van der Waals surface area contributed by atoms with E-state index in [1.807, 2.05) is 6.92 Å². The Hall–Kier alpha value is -1.01. The van der Waals surface area contributed by atoms with E-state index in [0.29, 0.717) is 6.42 Å². The zero-order valence-electron chi connectivity index (χ0n) is 9.20. The molecule has 1 rings (SSSR count). The topological polar surface area (TPSA) is 35.5 Å². The molecule has 0 aliphatic carbocycles. The smallest absolute Gasteiger partial charge is 0.307 e. The molecule has 15 heavy (non-hydrogen) atoms. The molecular formula is C12H18O3. The van der Waals surface area contributed by atoms with Crippen molar-refractivity contribution in [3.8, 4) is 12.3 Å². The minimum Gasteiger partial charge on any atom is -0.446 e. The molecule has 3 heteroatoms. The fraction of sp³-hybridized carbons (Fsp3) is 0.750. The molecule has 0 N–H and O–H groups in total. The standard InChI is InChI=1S/C12H18O3/c1-3-5-8-12(13)15-10(4-2)11-7-6-9-14-11/h2,10-11H,3,5-9H2,1H3/t10-,11+/m0/s1. The van der Waals surface area contributed by atoms with Crippen LogP contribution in [0, 0.1) is 12.3 Å². The third-order valence-corrected chi connectivity index (χ3v) is 2.46. The number of hydrogen-bond acceptors (Lipinski definition) is 3. The number of rotatable bonds is 5. The minimum absolute atomic E-state index is 0.0967. The van der Waals surface area contributed by atoms with Crippen LogP contribution in [0.3, 0.4) is 0 Å². The molecule has 1 heterocycles. The maximum Gasteiger partial charge on any atom is 0.307 e. The second-order valence-corrected chi connectivity index (χ2v) is 3.73. The van der Waals surface area contributed by atoms with Gasteiger partial charge in [0.25, 0.3) is 0 Å². The highest BCUT2D eigenvalue weighted by atomic mass is 16.6. The van der Waals surface area contributed by atoms with Gasteiger partial charge in [0.05, 0.1) is 0 Å². The van der Waals surface area contributed by atoms with Crippen LogP contribution in [-0.4, -0.2) is 24.8 Å². The van der Waals surface area contributed by atoms with Crippen molar-refractivity contribution in [3.63, 3.8) is 0 Å². The first-order valence-corrected chi connectivity index (χ1v) is 5.55. The summed E-state index contributed by atoms with van der Waals surface area (Å²) in [5.74, 6) is 2.27. The predicted octanol–water partition coefficient (Wildman–Crippen LogP) is 1.90. The van der Waals surface area contributed by atoms with Crippen LogP contribution in [-0.2, 0) is 14.3 Å². The molecule has 0 aromatic carbocycles. The normalized spacial score (nSPS) is 22.0. The zero-order valence-corrected chi connectivity index (χ0v) is 9.20. The average Bonchev–Trinajstić information content (AvgIpc) is 2.76. The van der Waals surface area contributed by atoms with Gasteiger partial charge < -0.3 is 9.47 Å². The average molecular weight is 210 g/mol. The molecule has 1 saturated heterocycles. The molecule has 1 fully saturated rings. The Morgan fingerprint density at radius 2 is 2.53 bits per heavy atom. The molecule has 0 aromatic heterocycles. The number of esters is 1. The summed E-state index contributed by atoms with van der Waals surface area (Å²) in [4.78, 5) is 11.4. The van der Waals surface area contributed by atoms with Gasteiger partial charge in [-0.25, -0.2) is 0 Å². The Kier molecular flexibility index (Phi) is 5.20. The first-order valence-electron chi connectivity index (χ1n) is 5.55. The van der Waals surface area contributed by atoms with Crippen LogP contribution in [0.2, 0.25) is 0 Å². The summed E-state index contributed by atoms with van der Waals surface area (Å²) in [6, 6.07) is 0. The molecule has 0 amide bonds. The van der Waals surface area contributed by atoms with Gasteiger partial charge in [0.15, 0.2) is 6.10 Å². The van der Waals surface area contributed by atoms with Crippen molar-refractivity contribution >= 4 is 5.97 Å². The molecule has 3 nitrogen and oxygen atoms in total. The van der Waals surface area contributed by atoms with Crippen molar-refractivity contribution in [2.24, 2.45) is 0 Å². The highest BCUT2D eigenvalue weighted by molar-refractivity contribution is 5.69. The van der Waals surface area contributed by atoms with Crippen molar-refractivity contribution < 1.29 is 14.3 Å². The van der Waals surface area contributed by atoms with Gasteiger partial charge in [-0.15, -0.1) is 6.42 Å². The van der Waals surface area contributed by atoms with Crippen LogP contribution in [0.15, 0.2) is 0 Å². The lowest BCUT2D eigenvalue weighted by Crippen LogP contribution is -2.29. The third kappa shape index (κ3) is 3.93. The number of terminal acetylenes is 1.